The van der Waals surface area contributed by atoms with Crippen LogP contribution in [0.15, 0.2) is 59.7 Å². The number of hydrogen-bond acceptors (Lipinski definition) is 5. The number of hydrogen-bond donors (Lipinski definition) is 1. The molecule has 0 radical (unpaired) electrons. The third-order valence-corrected chi connectivity index (χ3v) is 5.97. The Balaban J connectivity index is 1.42. The topological polar surface area (TPSA) is 67.8 Å². The standard InChI is InChI=1S/C23H26N6O/c1-27-11-13-28(14-12-27)16-22(30)29-21(17-7-3-2-4-8-17)15-20(26-29)23-24-18-9-5-6-10-19(18)25-23/h2-10,21H,11-16H2,1H3,(H,24,25). The summed E-state index contributed by atoms with van der Waals surface area (Å²) in [5.74, 6) is 0.784. The summed E-state index contributed by atoms with van der Waals surface area (Å²) in [7, 11) is 2.12. The number of aromatic nitrogens is 2. The number of para-hydroxylation sites is 2. The summed E-state index contributed by atoms with van der Waals surface area (Å²) in [5.41, 5.74) is 3.81. The lowest BCUT2D eigenvalue weighted by Gasteiger charge is -2.33. The van der Waals surface area contributed by atoms with E-state index in [-0.39, 0.29) is 11.9 Å². The number of hydrazone groups is 1. The van der Waals surface area contributed by atoms with Gasteiger partial charge in [0.25, 0.3) is 5.91 Å². The zero-order valence-electron chi connectivity index (χ0n) is 17.2. The maximum atomic E-state index is 13.3. The Morgan fingerprint density at radius 1 is 1.03 bits per heavy atom. The normalized spacial score (nSPS) is 20.6. The molecule has 3 heterocycles. The molecule has 2 aliphatic heterocycles. The van der Waals surface area contributed by atoms with E-state index in [0.717, 1.165) is 54.3 Å². The molecule has 1 aromatic heterocycles. The van der Waals surface area contributed by atoms with E-state index in [0.29, 0.717) is 13.0 Å². The quantitative estimate of drug-likeness (QED) is 0.728. The van der Waals surface area contributed by atoms with Crippen molar-refractivity contribution in [3.05, 3.63) is 66.0 Å². The lowest BCUT2D eigenvalue weighted by atomic mass is 10.0. The van der Waals surface area contributed by atoms with E-state index in [9.17, 15) is 4.79 Å². The van der Waals surface area contributed by atoms with Gasteiger partial charge in [0.05, 0.1) is 23.6 Å². The van der Waals surface area contributed by atoms with Crippen LogP contribution in [0.1, 0.15) is 23.9 Å². The molecule has 154 valence electrons. The summed E-state index contributed by atoms with van der Waals surface area (Å²) < 4.78 is 0. The number of amides is 1. The van der Waals surface area contributed by atoms with E-state index < -0.39 is 0 Å². The van der Waals surface area contributed by atoms with Crippen LogP contribution in [0.2, 0.25) is 0 Å². The van der Waals surface area contributed by atoms with Crippen LogP contribution in [0.25, 0.3) is 11.0 Å². The highest BCUT2D eigenvalue weighted by Crippen LogP contribution is 2.32. The Morgan fingerprint density at radius 2 is 1.77 bits per heavy atom. The highest BCUT2D eigenvalue weighted by molar-refractivity contribution is 6.02. The molecule has 5 rings (SSSR count). The van der Waals surface area contributed by atoms with Crippen molar-refractivity contribution in [2.45, 2.75) is 12.5 Å². The van der Waals surface area contributed by atoms with Crippen LogP contribution >= 0.6 is 0 Å². The van der Waals surface area contributed by atoms with E-state index >= 15 is 0 Å². The number of carbonyl (C=O) groups is 1. The van der Waals surface area contributed by atoms with E-state index in [4.69, 9.17) is 10.1 Å². The number of piperazine rings is 1. The van der Waals surface area contributed by atoms with E-state index in [2.05, 4.69) is 34.0 Å². The molecular formula is C23H26N6O. The molecular weight excluding hydrogens is 376 g/mol. The van der Waals surface area contributed by atoms with Gasteiger partial charge < -0.3 is 9.88 Å². The lowest BCUT2D eigenvalue weighted by molar-refractivity contribution is -0.134. The summed E-state index contributed by atoms with van der Waals surface area (Å²) in [6.45, 7) is 4.19. The van der Waals surface area contributed by atoms with Crippen LogP contribution in [0.3, 0.4) is 0 Å². The first kappa shape index (κ1) is 19.0. The molecule has 0 spiro atoms. The van der Waals surface area contributed by atoms with Crippen molar-refractivity contribution in [1.29, 1.82) is 0 Å². The first-order valence-corrected chi connectivity index (χ1v) is 10.5. The third-order valence-electron chi connectivity index (χ3n) is 5.97. The minimum atomic E-state index is -0.102. The SMILES string of the molecule is CN1CCN(CC(=O)N2N=C(c3nc4ccccc4[nH]3)CC2c2ccccc2)CC1. The Morgan fingerprint density at radius 3 is 2.53 bits per heavy atom. The number of likely N-dealkylation sites (N-methyl/N-ethyl adjacent to an activating group) is 1. The second-order valence-electron chi connectivity index (χ2n) is 8.10. The summed E-state index contributed by atoms with van der Waals surface area (Å²) in [6.07, 6.45) is 0.651. The van der Waals surface area contributed by atoms with Crippen LogP contribution in [0, 0.1) is 0 Å². The molecule has 3 aromatic rings. The highest BCUT2D eigenvalue weighted by atomic mass is 16.2. The molecule has 2 aromatic carbocycles. The first-order valence-electron chi connectivity index (χ1n) is 10.5. The summed E-state index contributed by atoms with van der Waals surface area (Å²) >= 11 is 0. The van der Waals surface area contributed by atoms with Crippen LogP contribution in [-0.2, 0) is 4.79 Å². The summed E-state index contributed by atoms with van der Waals surface area (Å²) in [5, 5.41) is 6.44. The number of H-pyrrole nitrogens is 1. The van der Waals surface area contributed by atoms with Crippen molar-refractivity contribution in [1.82, 2.24) is 24.8 Å². The Bertz CT molecular complexity index is 1030. The zero-order chi connectivity index (χ0) is 20.5. The number of nitrogens with zero attached hydrogens (tertiary/aromatic N) is 5. The smallest absolute Gasteiger partial charge is 0.257 e. The fraction of sp³-hybridized carbons (Fsp3) is 0.348. The van der Waals surface area contributed by atoms with Crippen molar-refractivity contribution < 1.29 is 4.79 Å². The van der Waals surface area contributed by atoms with Crippen molar-refractivity contribution in [2.24, 2.45) is 5.10 Å². The van der Waals surface area contributed by atoms with Crippen molar-refractivity contribution >= 4 is 22.7 Å². The first-order chi connectivity index (χ1) is 14.7. The summed E-state index contributed by atoms with van der Waals surface area (Å²) in [4.78, 5) is 25.8. The lowest BCUT2D eigenvalue weighted by Crippen LogP contribution is -2.48. The molecule has 1 fully saturated rings. The number of fused-ring (bicyclic) bond motifs is 1. The number of carbonyl (C=O) groups excluding carboxylic acids is 1. The number of benzene rings is 2. The molecule has 30 heavy (non-hydrogen) atoms. The van der Waals surface area contributed by atoms with Gasteiger partial charge in [-0.2, -0.15) is 5.10 Å². The van der Waals surface area contributed by atoms with Crippen molar-refractivity contribution in [3.8, 4) is 0 Å². The second-order valence-corrected chi connectivity index (χ2v) is 8.10. The van der Waals surface area contributed by atoms with Gasteiger partial charge in [-0.15, -0.1) is 0 Å². The number of rotatable bonds is 4. The zero-order valence-corrected chi connectivity index (χ0v) is 17.2. The molecule has 7 heteroatoms. The predicted molar refractivity (Wildman–Crippen MR) is 117 cm³/mol. The monoisotopic (exact) mass is 402 g/mol. The number of nitrogens with one attached hydrogen (secondary N) is 1. The fourth-order valence-corrected chi connectivity index (χ4v) is 4.18. The van der Waals surface area contributed by atoms with Crippen LogP contribution < -0.4 is 0 Å². The molecule has 1 unspecified atom stereocenters. The van der Waals surface area contributed by atoms with Gasteiger partial charge >= 0.3 is 0 Å². The van der Waals surface area contributed by atoms with Gasteiger partial charge in [-0.3, -0.25) is 9.69 Å². The molecule has 1 N–H and O–H groups in total. The van der Waals surface area contributed by atoms with Gasteiger partial charge in [0.15, 0.2) is 5.82 Å². The van der Waals surface area contributed by atoms with Crippen LogP contribution in [0.4, 0.5) is 0 Å². The maximum Gasteiger partial charge on any atom is 0.257 e. The Kier molecular flexibility index (Phi) is 5.06. The molecule has 2 aliphatic rings. The molecule has 0 saturated carbocycles. The number of aromatic amines is 1. The molecule has 0 aliphatic carbocycles. The number of imidazole rings is 1. The fourth-order valence-electron chi connectivity index (χ4n) is 4.18. The second kappa shape index (κ2) is 8.01. The van der Waals surface area contributed by atoms with Crippen molar-refractivity contribution in [3.63, 3.8) is 0 Å². The third kappa shape index (κ3) is 3.74. The average Bonchev–Trinajstić information content (AvgIpc) is 3.40. The molecule has 1 amide bonds. The average molecular weight is 403 g/mol. The Labute approximate surface area is 176 Å². The van der Waals surface area contributed by atoms with Gasteiger partial charge in [0.1, 0.15) is 5.71 Å². The van der Waals surface area contributed by atoms with E-state index in [1.165, 1.54) is 0 Å². The molecule has 1 saturated heterocycles. The van der Waals surface area contributed by atoms with Crippen molar-refractivity contribution in [2.75, 3.05) is 39.8 Å². The predicted octanol–water partition coefficient (Wildman–Crippen LogP) is 2.49. The Hall–Kier alpha value is -3.03. The van der Waals surface area contributed by atoms with Gasteiger partial charge in [-0.05, 0) is 24.7 Å². The summed E-state index contributed by atoms with van der Waals surface area (Å²) in [6, 6.07) is 18.0. The van der Waals surface area contributed by atoms with Crippen LogP contribution in [0.5, 0.6) is 0 Å². The minimum Gasteiger partial charge on any atom is -0.337 e. The molecule has 0 bridgehead atoms. The largest absolute Gasteiger partial charge is 0.337 e. The minimum absolute atomic E-state index is 0.0412. The van der Waals surface area contributed by atoms with Gasteiger partial charge in [-0.25, -0.2) is 9.99 Å². The van der Waals surface area contributed by atoms with Gasteiger partial charge in [0, 0.05) is 32.6 Å². The van der Waals surface area contributed by atoms with Gasteiger partial charge in [-0.1, -0.05) is 42.5 Å². The van der Waals surface area contributed by atoms with Crippen LogP contribution in [-0.4, -0.2) is 76.2 Å². The highest BCUT2D eigenvalue weighted by Gasteiger charge is 2.35. The maximum absolute atomic E-state index is 13.3. The van der Waals surface area contributed by atoms with Gasteiger partial charge in [0.2, 0.25) is 0 Å². The van der Waals surface area contributed by atoms with E-state index in [1.807, 2.05) is 42.5 Å². The molecule has 1 atom stereocenters. The molecule has 7 nitrogen and oxygen atoms in total. The van der Waals surface area contributed by atoms with E-state index in [1.54, 1.807) is 5.01 Å².